The number of ketones is 1. The first-order valence-corrected chi connectivity index (χ1v) is 6.37. The van der Waals surface area contributed by atoms with E-state index in [1.807, 2.05) is 0 Å². The van der Waals surface area contributed by atoms with E-state index in [-0.39, 0.29) is 17.1 Å². The third-order valence-electron chi connectivity index (χ3n) is 2.93. The molecule has 6 nitrogen and oxygen atoms in total. The van der Waals surface area contributed by atoms with Gasteiger partial charge in [-0.25, -0.2) is 4.79 Å². The van der Waals surface area contributed by atoms with Crippen LogP contribution in [-0.2, 0) is 4.79 Å². The van der Waals surface area contributed by atoms with Crippen molar-refractivity contribution in [3.63, 3.8) is 0 Å². The zero-order valence-electron chi connectivity index (χ0n) is 11.8. The molecule has 2 rings (SSSR count). The Hall–Kier alpha value is -3.02. The second-order valence-corrected chi connectivity index (χ2v) is 4.42. The van der Waals surface area contributed by atoms with Gasteiger partial charge in [-0.05, 0) is 36.4 Å². The molecule has 2 N–H and O–H groups in total. The zero-order chi connectivity index (χ0) is 16.1. The Bertz CT molecular complexity index is 690. The molecule has 0 unspecified atom stereocenters. The summed E-state index contributed by atoms with van der Waals surface area (Å²) < 4.78 is 9.95. The van der Waals surface area contributed by atoms with Gasteiger partial charge in [-0.3, -0.25) is 4.79 Å². The van der Waals surface area contributed by atoms with E-state index in [0.29, 0.717) is 17.1 Å². The summed E-state index contributed by atoms with van der Waals surface area (Å²) in [5.41, 5.74) is 0.503. The Morgan fingerprint density at radius 1 is 1.05 bits per heavy atom. The van der Waals surface area contributed by atoms with Crippen molar-refractivity contribution in [1.82, 2.24) is 0 Å². The van der Waals surface area contributed by atoms with Crippen LogP contribution in [0.15, 0.2) is 42.5 Å². The fourth-order valence-electron chi connectivity index (χ4n) is 1.83. The van der Waals surface area contributed by atoms with Crippen LogP contribution in [-0.4, -0.2) is 35.7 Å². The Morgan fingerprint density at radius 2 is 1.68 bits per heavy atom. The number of phenols is 1. The average Bonchev–Trinajstić information content (AvgIpc) is 2.52. The normalized spacial score (nSPS) is 10.0. The van der Waals surface area contributed by atoms with Crippen molar-refractivity contribution < 1.29 is 29.3 Å². The molecular formula is C16H14O6. The summed E-state index contributed by atoms with van der Waals surface area (Å²) in [6, 6.07) is 10.4. The van der Waals surface area contributed by atoms with Crippen LogP contribution in [0.25, 0.3) is 0 Å². The van der Waals surface area contributed by atoms with Gasteiger partial charge in [-0.2, -0.15) is 0 Å². The Labute approximate surface area is 126 Å². The third kappa shape index (κ3) is 3.54. The molecule has 6 heteroatoms. The second-order valence-electron chi connectivity index (χ2n) is 4.42. The van der Waals surface area contributed by atoms with Crippen LogP contribution in [0.4, 0.5) is 0 Å². The number of aliphatic carboxylic acids is 1. The minimum absolute atomic E-state index is 0.153. The molecule has 22 heavy (non-hydrogen) atoms. The molecule has 2 aromatic carbocycles. The molecule has 0 aromatic heterocycles. The number of methoxy groups -OCH3 is 1. The Balaban J connectivity index is 2.17. The van der Waals surface area contributed by atoms with Crippen molar-refractivity contribution in [2.75, 3.05) is 13.7 Å². The van der Waals surface area contributed by atoms with Crippen molar-refractivity contribution in [3.05, 3.63) is 53.6 Å². The summed E-state index contributed by atoms with van der Waals surface area (Å²) in [7, 11) is 1.46. The van der Waals surface area contributed by atoms with Crippen molar-refractivity contribution in [1.29, 1.82) is 0 Å². The van der Waals surface area contributed by atoms with Crippen LogP contribution in [0.5, 0.6) is 17.2 Å². The lowest BCUT2D eigenvalue weighted by Gasteiger charge is -2.07. The highest BCUT2D eigenvalue weighted by Gasteiger charge is 2.14. The second kappa shape index (κ2) is 6.62. The number of carbonyl (C=O) groups excluding carboxylic acids is 1. The number of hydrogen-bond donors (Lipinski definition) is 2. The molecule has 114 valence electrons. The van der Waals surface area contributed by atoms with Crippen molar-refractivity contribution in [3.8, 4) is 17.2 Å². The van der Waals surface area contributed by atoms with Crippen LogP contribution in [0.1, 0.15) is 15.9 Å². The van der Waals surface area contributed by atoms with Gasteiger partial charge in [0.1, 0.15) is 17.2 Å². The maximum Gasteiger partial charge on any atom is 0.341 e. The number of hydrogen-bond acceptors (Lipinski definition) is 5. The van der Waals surface area contributed by atoms with Gasteiger partial charge >= 0.3 is 5.97 Å². The van der Waals surface area contributed by atoms with E-state index in [9.17, 15) is 14.7 Å². The molecule has 0 atom stereocenters. The Morgan fingerprint density at radius 3 is 2.23 bits per heavy atom. The molecule has 2 aromatic rings. The van der Waals surface area contributed by atoms with Gasteiger partial charge in [0, 0.05) is 11.6 Å². The van der Waals surface area contributed by atoms with E-state index in [2.05, 4.69) is 0 Å². The van der Waals surface area contributed by atoms with Crippen LogP contribution in [0.3, 0.4) is 0 Å². The fraction of sp³-hybridized carbons (Fsp3) is 0.125. The highest BCUT2D eigenvalue weighted by atomic mass is 16.5. The van der Waals surface area contributed by atoms with Gasteiger partial charge in [0.2, 0.25) is 0 Å². The van der Waals surface area contributed by atoms with E-state index in [1.165, 1.54) is 43.5 Å². The SMILES string of the molecule is COc1ccc(C(=O)c2ccc(OCC(=O)O)cc2)c(O)c1. The molecular weight excluding hydrogens is 288 g/mol. The number of benzene rings is 2. The summed E-state index contributed by atoms with van der Waals surface area (Å²) in [6.45, 7) is -0.452. The smallest absolute Gasteiger partial charge is 0.341 e. The highest BCUT2D eigenvalue weighted by molar-refractivity contribution is 6.10. The van der Waals surface area contributed by atoms with E-state index < -0.39 is 12.6 Å². The molecule has 0 aliphatic heterocycles. The van der Waals surface area contributed by atoms with Crippen LogP contribution in [0, 0.1) is 0 Å². The first-order valence-electron chi connectivity index (χ1n) is 6.37. The summed E-state index contributed by atoms with van der Waals surface area (Å²) in [4.78, 5) is 22.7. The average molecular weight is 302 g/mol. The minimum atomic E-state index is -1.08. The summed E-state index contributed by atoms with van der Waals surface area (Å²) in [5.74, 6) is -0.812. The lowest BCUT2D eigenvalue weighted by molar-refractivity contribution is -0.139. The summed E-state index contributed by atoms with van der Waals surface area (Å²) in [5, 5.41) is 18.4. The predicted octanol–water partition coefficient (Wildman–Crippen LogP) is 2.10. The predicted molar refractivity (Wildman–Crippen MR) is 77.7 cm³/mol. The topological polar surface area (TPSA) is 93.1 Å². The number of ether oxygens (including phenoxy) is 2. The first-order chi connectivity index (χ1) is 10.5. The number of carboxylic acids is 1. The molecule has 0 spiro atoms. The number of aromatic hydroxyl groups is 1. The molecule has 0 saturated carbocycles. The summed E-state index contributed by atoms with van der Waals surface area (Å²) >= 11 is 0. The lowest BCUT2D eigenvalue weighted by Crippen LogP contribution is -2.09. The van der Waals surface area contributed by atoms with Gasteiger partial charge in [-0.1, -0.05) is 0 Å². The number of phenolic OH excluding ortho intramolecular Hbond substituents is 1. The molecule has 0 aliphatic rings. The Kier molecular flexibility index (Phi) is 4.63. The van der Waals surface area contributed by atoms with E-state index in [0.717, 1.165) is 0 Å². The van der Waals surface area contributed by atoms with Crippen LogP contribution < -0.4 is 9.47 Å². The third-order valence-corrected chi connectivity index (χ3v) is 2.93. The lowest BCUT2D eigenvalue weighted by atomic mass is 10.0. The zero-order valence-corrected chi connectivity index (χ0v) is 11.8. The van der Waals surface area contributed by atoms with Gasteiger partial charge < -0.3 is 19.7 Å². The maximum absolute atomic E-state index is 12.3. The first kappa shape index (κ1) is 15.4. The molecule has 0 bridgehead atoms. The van der Waals surface area contributed by atoms with Crippen molar-refractivity contribution in [2.24, 2.45) is 0 Å². The van der Waals surface area contributed by atoms with Crippen LogP contribution in [0.2, 0.25) is 0 Å². The molecule has 0 heterocycles. The largest absolute Gasteiger partial charge is 0.507 e. The van der Waals surface area contributed by atoms with E-state index in [4.69, 9.17) is 14.6 Å². The quantitative estimate of drug-likeness (QED) is 0.794. The van der Waals surface area contributed by atoms with Gasteiger partial charge in [0.25, 0.3) is 0 Å². The number of carbonyl (C=O) groups is 2. The van der Waals surface area contributed by atoms with Gasteiger partial charge in [-0.15, -0.1) is 0 Å². The molecule has 0 amide bonds. The molecule has 0 saturated heterocycles. The standard InChI is InChI=1S/C16H14O6/c1-21-12-6-7-13(14(17)8-12)16(20)10-2-4-11(5-3-10)22-9-15(18)19/h2-8,17H,9H2,1H3,(H,18,19). The molecule has 0 radical (unpaired) electrons. The van der Waals surface area contributed by atoms with Crippen LogP contribution >= 0.6 is 0 Å². The minimum Gasteiger partial charge on any atom is -0.507 e. The van der Waals surface area contributed by atoms with Gasteiger partial charge in [0.05, 0.1) is 12.7 Å². The monoisotopic (exact) mass is 302 g/mol. The van der Waals surface area contributed by atoms with Crippen molar-refractivity contribution in [2.45, 2.75) is 0 Å². The van der Waals surface area contributed by atoms with E-state index >= 15 is 0 Å². The summed E-state index contributed by atoms with van der Waals surface area (Å²) in [6.07, 6.45) is 0. The molecule has 0 aliphatic carbocycles. The highest BCUT2D eigenvalue weighted by Crippen LogP contribution is 2.26. The maximum atomic E-state index is 12.3. The van der Waals surface area contributed by atoms with Gasteiger partial charge in [0.15, 0.2) is 12.4 Å². The number of rotatable bonds is 6. The van der Waals surface area contributed by atoms with E-state index in [1.54, 1.807) is 6.07 Å². The number of carboxylic acid groups (broad SMARTS) is 1. The fourth-order valence-corrected chi connectivity index (χ4v) is 1.83. The van der Waals surface area contributed by atoms with Crippen molar-refractivity contribution >= 4 is 11.8 Å². The molecule has 0 fully saturated rings.